The van der Waals surface area contributed by atoms with Gasteiger partial charge >= 0.3 is 0 Å². The second-order valence-corrected chi connectivity index (χ2v) is 6.66. The number of nitrogens with one attached hydrogen (secondary N) is 1. The highest BCUT2D eigenvalue weighted by atomic mass is 79.9. The highest BCUT2D eigenvalue weighted by Crippen LogP contribution is 2.39. The van der Waals surface area contributed by atoms with Crippen LogP contribution in [0.3, 0.4) is 0 Å². The fraction of sp³-hybridized carbons (Fsp3) is 0.231. The van der Waals surface area contributed by atoms with Crippen LogP contribution >= 0.6 is 31.9 Å². The minimum absolute atomic E-state index is 0.0657. The molecule has 114 valence electrons. The van der Waals surface area contributed by atoms with E-state index in [0.29, 0.717) is 8.95 Å². The van der Waals surface area contributed by atoms with Crippen LogP contribution in [0.1, 0.15) is 33.6 Å². The van der Waals surface area contributed by atoms with Gasteiger partial charge in [-0.1, -0.05) is 0 Å². The first kappa shape index (κ1) is 15.2. The van der Waals surface area contributed by atoms with Crippen LogP contribution in [0.2, 0.25) is 0 Å². The van der Waals surface area contributed by atoms with Crippen molar-refractivity contribution < 1.29 is 19.2 Å². The van der Waals surface area contributed by atoms with Crippen LogP contribution in [0.5, 0.6) is 0 Å². The van der Waals surface area contributed by atoms with Gasteiger partial charge in [-0.3, -0.25) is 29.4 Å². The van der Waals surface area contributed by atoms with Gasteiger partial charge in [0.2, 0.25) is 11.8 Å². The molecule has 1 saturated heterocycles. The Balaban J connectivity index is 2.08. The average Bonchev–Trinajstić information content (AvgIpc) is 2.69. The van der Waals surface area contributed by atoms with E-state index in [-0.39, 0.29) is 29.7 Å². The summed E-state index contributed by atoms with van der Waals surface area (Å²) in [6.45, 7) is 0. The predicted molar refractivity (Wildman–Crippen MR) is 82.9 cm³/mol. The van der Waals surface area contributed by atoms with Crippen LogP contribution in [0.4, 0.5) is 5.69 Å². The van der Waals surface area contributed by atoms with Crippen molar-refractivity contribution in [2.75, 3.05) is 5.73 Å². The summed E-state index contributed by atoms with van der Waals surface area (Å²) in [5.74, 6) is -2.30. The fourth-order valence-corrected chi connectivity index (χ4v) is 3.94. The lowest BCUT2D eigenvalue weighted by atomic mass is 10.0. The fourth-order valence-electron chi connectivity index (χ4n) is 2.61. The Morgan fingerprint density at radius 2 is 1.73 bits per heavy atom. The van der Waals surface area contributed by atoms with Crippen molar-refractivity contribution in [2.24, 2.45) is 0 Å². The second kappa shape index (κ2) is 5.17. The Labute approximate surface area is 141 Å². The molecule has 9 heteroatoms. The number of nitrogens with zero attached hydrogens (tertiary/aromatic N) is 1. The van der Waals surface area contributed by atoms with Gasteiger partial charge in [0.25, 0.3) is 11.8 Å². The Morgan fingerprint density at radius 1 is 1.09 bits per heavy atom. The molecule has 22 heavy (non-hydrogen) atoms. The van der Waals surface area contributed by atoms with E-state index in [1.165, 1.54) is 0 Å². The van der Waals surface area contributed by atoms with Gasteiger partial charge in [0.1, 0.15) is 6.04 Å². The maximum Gasteiger partial charge on any atom is 0.264 e. The smallest absolute Gasteiger partial charge is 0.264 e. The zero-order valence-electron chi connectivity index (χ0n) is 11.0. The number of nitrogens with two attached hydrogens (primary N) is 1. The molecule has 2 aliphatic rings. The van der Waals surface area contributed by atoms with E-state index < -0.39 is 29.7 Å². The topological polar surface area (TPSA) is 110 Å². The molecular formula is C13H9Br2N3O4. The van der Waals surface area contributed by atoms with Gasteiger partial charge in [-0.25, -0.2) is 0 Å². The van der Waals surface area contributed by atoms with Crippen LogP contribution in [-0.2, 0) is 9.59 Å². The summed E-state index contributed by atoms with van der Waals surface area (Å²) in [6.07, 6.45) is 0.180. The molecule has 1 unspecified atom stereocenters. The highest BCUT2D eigenvalue weighted by molar-refractivity contribution is 9.11. The molecule has 0 bridgehead atoms. The van der Waals surface area contributed by atoms with E-state index in [1.807, 2.05) is 0 Å². The second-order valence-electron chi connectivity index (χ2n) is 4.95. The van der Waals surface area contributed by atoms with Crippen LogP contribution in [-0.4, -0.2) is 34.6 Å². The molecule has 1 atom stereocenters. The molecule has 7 nitrogen and oxygen atoms in total. The van der Waals surface area contributed by atoms with Gasteiger partial charge in [-0.15, -0.1) is 0 Å². The summed E-state index contributed by atoms with van der Waals surface area (Å²) in [5.41, 5.74) is 6.23. The molecule has 0 aromatic heterocycles. The Kier molecular flexibility index (Phi) is 3.56. The number of carbonyl (C=O) groups excluding carboxylic acids is 4. The van der Waals surface area contributed by atoms with E-state index in [4.69, 9.17) is 5.73 Å². The molecule has 3 N–H and O–H groups in total. The van der Waals surface area contributed by atoms with Crippen molar-refractivity contribution in [1.29, 1.82) is 0 Å². The number of benzene rings is 1. The maximum absolute atomic E-state index is 12.6. The first-order valence-electron chi connectivity index (χ1n) is 6.32. The van der Waals surface area contributed by atoms with Crippen molar-refractivity contribution in [3.8, 4) is 0 Å². The number of nitrogen functional groups attached to an aromatic ring is 1. The molecule has 1 aromatic carbocycles. The third-order valence-electron chi connectivity index (χ3n) is 3.66. The normalized spacial score (nSPS) is 21.2. The molecule has 0 spiro atoms. The predicted octanol–water partition coefficient (Wildman–Crippen LogP) is 1.20. The summed E-state index contributed by atoms with van der Waals surface area (Å²) in [4.78, 5) is 49.2. The van der Waals surface area contributed by atoms with Crippen molar-refractivity contribution in [3.63, 3.8) is 0 Å². The molecule has 0 radical (unpaired) electrons. The summed E-state index contributed by atoms with van der Waals surface area (Å²) in [5, 5.41) is 2.14. The minimum Gasteiger partial charge on any atom is -0.397 e. The van der Waals surface area contributed by atoms with Crippen LogP contribution in [0.15, 0.2) is 15.0 Å². The zero-order chi connectivity index (χ0) is 16.2. The van der Waals surface area contributed by atoms with Crippen molar-refractivity contribution in [1.82, 2.24) is 10.2 Å². The lowest BCUT2D eigenvalue weighted by molar-refractivity contribution is -0.136. The van der Waals surface area contributed by atoms with E-state index in [0.717, 1.165) is 4.90 Å². The van der Waals surface area contributed by atoms with Gasteiger partial charge < -0.3 is 5.73 Å². The lowest BCUT2D eigenvalue weighted by Crippen LogP contribution is -2.54. The van der Waals surface area contributed by atoms with E-state index in [2.05, 4.69) is 37.2 Å². The number of piperidine rings is 1. The molecular weight excluding hydrogens is 422 g/mol. The number of hydrogen-bond acceptors (Lipinski definition) is 5. The summed E-state index contributed by atoms with van der Waals surface area (Å²) in [6, 6.07) is 0.572. The number of anilines is 1. The molecule has 1 fully saturated rings. The number of imide groups is 2. The average molecular weight is 431 g/mol. The molecule has 2 aliphatic heterocycles. The Morgan fingerprint density at radius 3 is 2.36 bits per heavy atom. The molecule has 0 saturated carbocycles. The van der Waals surface area contributed by atoms with Crippen molar-refractivity contribution in [2.45, 2.75) is 18.9 Å². The van der Waals surface area contributed by atoms with E-state index in [1.54, 1.807) is 6.07 Å². The van der Waals surface area contributed by atoms with Crippen molar-refractivity contribution in [3.05, 3.63) is 26.1 Å². The van der Waals surface area contributed by atoms with Crippen LogP contribution in [0.25, 0.3) is 0 Å². The summed E-state index contributed by atoms with van der Waals surface area (Å²) >= 11 is 6.46. The molecule has 4 amide bonds. The Hall–Kier alpha value is -1.74. The first-order valence-corrected chi connectivity index (χ1v) is 7.90. The third kappa shape index (κ3) is 2.07. The Bertz CT molecular complexity index is 762. The highest BCUT2D eigenvalue weighted by Gasteiger charge is 2.46. The van der Waals surface area contributed by atoms with Gasteiger partial charge in [0, 0.05) is 15.4 Å². The van der Waals surface area contributed by atoms with Crippen LogP contribution in [0, 0.1) is 0 Å². The van der Waals surface area contributed by atoms with Gasteiger partial charge in [0.15, 0.2) is 0 Å². The SMILES string of the molecule is Nc1c(Br)cc(Br)c2c1C(=O)N(C1CCC(=O)NC1=O)C2=O. The van der Waals surface area contributed by atoms with Gasteiger partial charge in [-0.2, -0.15) is 0 Å². The van der Waals surface area contributed by atoms with E-state index >= 15 is 0 Å². The third-order valence-corrected chi connectivity index (χ3v) is 4.94. The number of carbonyl (C=O) groups is 4. The van der Waals surface area contributed by atoms with Gasteiger partial charge in [0.05, 0.1) is 16.8 Å². The summed E-state index contributed by atoms with van der Waals surface area (Å²) in [7, 11) is 0. The lowest BCUT2D eigenvalue weighted by Gasteiger charge is -2.27. The number of rotatable bonds is 1. The minimum atomic E-state index is -1.00. The monoisotopic (exact) mass is 429 g/mol. The van der Waals surface area contributed by atoms with Crippen LogP contribution < -0.4 is 11.1 Å². The quantitative estimate of drug-likeness (QED) is 0.513. The van der Waals surface area contributed by atoms with E-state index in [9.17, 15) is 19.2 Å². The molecule has 1 aromatic rings. The molecule has 2 heterocycles. The zero-order valence-corrected chi connectivity index (χ0v) is 14.2. The standard InChI is InChI=1S/C13H9Br2N3O4/c14-4-3-5(15)10(16)9-8(4)12(21)18(13(9)22)6-1-2-7(19)17-11(6)20/h3,6H,1-2,16H2,(H,17,19,20). The molecule has 3 rings (SSSR count). The first-order chi connectivity index (χ1) is 10.3. The number of amides is 4. The number of halogens is 2. The largest absolute Gasteiger partial charge is 0.397 e. The van der Waals surface area contributed by atoms with Crippen molar-refractivity contribution >= 4 is 61.2 Å². The molecule has 0 aliphatic carbocycles. The number of hydrogen-bond donors (Lipinski definition) is 2. The number of fused-ring (bicyclic) bond motifs is 1. The van der Waals surface area contributed by atoms with Gasteiger partial charge in [-0.05, 0) is 44.3 Å². The maximum atomic E-state index is 12.6. The summed E-state index contributed by atoms with van der Waals surface area (Å²) < 4.78 is 0.890.